The van der Waals surface area contributed by atoms with Gasteiger partial charge in [0, 0.05) is 18.9 Å². The van der Waals surface area contributed by atoms with E-state index in [1.165, 1.54) is 11.3 Å². The highest BCUT2D eigenvalue weighted by Crippen LogP contribution is 2.17. The lowest BCUT2D eigenvalue weighted by molar-refractivity contribution is 0.0800. The molecule has 0 atom stereocenters. The van der Waals surface area contributed by atoms with Crippen molar-refractivity contribution < 1.29 is 4.79 Å². The van der Waals surface area contributed by atoms with Crippen LogP contribution in [0, 0.1) is 6.92 Å². The highest BCUT2D eigenvalue weighted by molar-refractivity contribution is 9.09. The smallest absolute Gasteiger partial charge is 0.263 e. The van der Waals surface area contributed by atoms with Gasteiger partial charge in [-0.25, -0.2) is 0 Å². The van der Waals surface area contributed by atoms with Crippen molar-refractivity contribution in [3.8, 4) is 0 Å². The van der Waals surface area contributed by atoms with Crippen LogP contribution in [0.3, 0.4) is 0 Å². The van der Waals surface area contributed by atoms with Crippen molar-refractivity contribution in [3.63, 3.8) is 0 Å². The van der Waals surface area contributed by atoms with Crippen LogP contribution in [0.2, 0.25) is 0 Å². The minimum Gasteiger partial charge on any atom is -0.341 e. The quantitative estimate of drug-likeness (QED) is 0.774. The van der Waals surface area contributed by atoms with E-state index in [1.807, 2.05) is 25.4 Å². The SMILES string of the molecule is Cc1ccsc1C(=O)N(C)CCCBr. The standard InChI is InChI=1S/C10H14BrNOS/c1-8-4-7-14-9(8)10(13)12(2)6-3-5-11/h4,7H,3,5-6H2,1-2H3. The van der Waals surface area contributed by atoms with E-state index in [1.54, 1.807) is 4.90 Å². The Labute approximate surface area is 97.1 Å². The van der Waals surface area contributed by atoms with Gasteiger partial charge in [0.15, 0.2) is 0 Å². The number of hydrogen-bond acceptors (Lipinski definition) is 2. The summed E-state index contributed by atoms with van der Waals surface area (Å²) in [6, 6.07) is 1.98. The number of rotatable bonds is 4. The first-order valence-electron chi connectivity index (χ1n) is 4.52. The van der Waals surface area contributed by atoms with Crippen LogP contribution in [-0.2, 0) is 0 Å². The molecule has 0 aliphatic carbocycles. The van der Waals surface area contributed by atoms with E-state index in [0.29, 0.717) is 0 Å². The van der Waals surface area contributed by atoms with E-state index in [-0.39, 0.29) is 5.91 Å². The first-order valence-corrected chi connectivity index (χ1v) is 6.52. The van der Waals surface area contributed by atoms with Gasteiger partial charge in [-0.2, -0.15) is 0 Å². The predicted molar refractivity (Wildman–Crippen MR) is 64.4 cm³/mol. The minimum absolute atomic E-state index is 0.137. The van der Waals surface area contributed by atoms with E-state index in [4.69, 9.17) is 0 Å². The van der Waals surface area contributed by atoms with Crippen LogP contribution in [0.25, 0.3) is 0 Å². The third-order valence-electron chi connectivity index (χ3n) is 2.03. The molecule has 1 aromatic heterocycles. The van der Waals surface area contributed by atoms with Crippen molar-refractivity contribution in [2.75, 3.05) is 18.9 Å². The normalized spacial score (nSPS) is 10.2. The zero-order chi connectivity index (χ0) is 10.6. The number of carbonyl (C=O) groups excluding carboxylic acids is 1. The largest absolute Gasteiger partial charge is 0.341 e. The van der Waals surface area contributed by atoms with Gasteiger partial charge in [-0.1, -0.05) is 15.9 Å². The van der Waals surface area contributed by atoms with Crippen LogP contribution in [-0.4, -0.2) is 29.7 Å². The second-order valence-corrected chi connectivity index (χ2v) is 4.91. The number of hydrogen-bond donors (Lipinski definition) is 0. The van der Waals surface area contributed by atoms with Gasteiger partial charge in [0.25, 0.3) is 5.91 Å². The Morgan fingerprint density at radius 2 is 2.36 bits per heavy atom. The number of halogens is 1. The molecule has 2 nitrogen and oxygen atoms in total. The number of carbonyl (C=O) groups is 1. The lowest BCUT2D eigenvalue weighted by Gasteiger charge is -2.15. The Morgan fingerprint density at radius 3 is 2.86 bits per heavy atom. The van der Waals surface area contributed by atoms with E-state index in [9.17, 15) is 4.79 Å². The molecule has 78 valence electrons. The summed E-state index contributed by atoms with van der Waals surface area (Å²) < 4.78 is 0. The Balaban J connectivity index is 2.61. The molecule has 0 aliphatic rings. The van der Waals surface area contributed by atoms with Crippen molar-refractivity contribution in [3.05, 3.63) is 21.9 Å². The van der Waals surface area contributed by atoms with Crippen molar-refractivity contribution >= 4 is 33.2 Å². The summed E-state index contributed by atoms with van der Waals surface area (Å²) in [6.45, 7) is 2.78. The summed E-state index contributed by atoms with van der Waals surface area (Å²) in [5.41, 5.74) is 1.07. The Hall–Kier alpha value is -0.350. The molecule has 0 fully saturated rings. The van der Waals surface area contributed by atoms with Gasteiger partial charge >= 0.3 is 0 Å². The maximum absolute atomic E-state index is 11.9. The summed E-state index contributed by atoms with van der Waals surface area (Å²) >= 11 is 4.87. The number of amides is 1. The van der Waals surface area contributed by atoms with E-state index in [0.717, 1.165) is 28.7 Å². The highest BCUT2D eigenvalue weighted by atomic mass is 79.9. The molecular formula is C10H14BrNOS. The topological polar surface area (TPSA) is 20.3 Å². The fourth-order valence-corrected chi connectivity index (χ4v) is 2.33. The molecule has 0 unspecified atom stereocenters. The van der Waals surface area contributed by atoms with Crippen molar-refractivity contribution in [1.82, 2.24) is 4.90 Å². The molecule has 1 amide bonds. The van der Waals surface area contributed by atoms with Gasteiger partial charge in [0.05, 0.1) is 4.88 Å². The van der Waals surface area contributed by atoms with Crippen molar-refractivity contribution in [1.29, 1.82) is 0 Å². The van der Waals surface area contributed by atoms with Crippen LogP contribution in [0.15, 0.2) is 11.4 Å². The number of thiophene rings is 1. The third kappa shape index (κ3) is 2.82. The fourth-order valence-electron chi connectivity index (χ4n) is 1.16. The first kappa shape index (κ1) is 11.7. The Morgan fingerprint density at radius 1 is 1.64 bits per heavy atom. The van der Waals surface area contributed by atoms with Crippen LogP contribution in [0.1, 0.15) is 21.7 Å². The molecule has 0 bridgehead atoms. The summed E-state index contributed by atoms with van der Waals surface area (Å²) in [4.78, 5) is 14.5. The highest BCUT2D eigenvalue weighted by Gasteiger charge is 2.14. The van der Waals surface area contributed by atoms with Gasteiger partial charge < -0.3 is 4.90 Å². The molecule has 4 heteroatoms. The summed E-state index contributed by atoms with van der Waals surface area (Å²) in [7, 11) is 1.85. The average molecular weight is 276 g/mol. The molecule has 0 saturated heterocycles. The first-order chi connectivity index (χ1) is 6.66. The van der Waals surface area contributed by atoms with Crippen LogP contribution in [0.4, 0.5) is 0 Å². The molecule has 14 heavy (non-hydrogen) atoms. The number of alkyl halides is 1. The Kier molecular flexibility index (Phi) is 4.62. The zero-order valence-electron chi connectivity index (χ0n) is 8.42. The van der Waals surface area contributed by atoms with Crippen molar-refractivity contribution in [2.45, 2.75) is 13.3 Å². The fraction of sp³-hybridized carbons (Fsp3) is 0.500. The zero-order valence-corrected chi connectivity index (χ0v) is 10.8. The lowest BCUT2D eigenvalue weighted by atomic mass is 10.2. The molecule has 0 spiro atoms. The summed E-state index contributed by atoms with van der Waals surface area (Å²) in [6.07, 6.45) is 0.993. The number of nitrogens with zero attached hydrogens (tertiary/aromatic N) is 1. The monoisotopic (exact) mass is 275 g/mol. The summed E-state index contributed by atoms with van der Waals surface area (Å²) in [5, 5.41) is 2.90. The van der Waals surface area contributed by atoms with Crippen LogP contribution < -0.4 is 0 Å². The second kappa shape index (κ2) is 5.51. The maximum Gasteiger partial charge on any atom is 0.263 e. The average Bonchev–Trinajstić information content (AvgIpc) is 2.59. The molecule has 1 rings (SSSR count). The van der Waals surface area contributed by atoms with Crippen molar-refractivity contribution in [2.24, 2.45) is 0 Å². The van der Waals surface area contributed by atoms with Gasteiger partial charge in [0.1, 0.15) is 0 Å². The summed E-state index contributed by atoms with van der Waals surface area (Å²) in [5.74, 6) is 0.137. The Bertz CT molecular complexity index is 311. The van der Waals surface area contributed by atoms with E-state index in [2.05, 4.69) is 15.9 Å². The van der Waals surface area contributed by atoms with Gasteiger partial charge in [-0.05, 0) is 30.4 Å². The molecule has 0 radical (unpaired) electrons. The van der Waals surface area contributed by atoms with Crippen LogP contribution >= 0.6 is 27.3 Å². The molecule has 0 aliphatic heterocycles. The predicted octanol–water partition coefficient (Wildman–Crippen LogP) is 2.91. The van der Waals surface area contributed by atoms with Gasteiger partial charge in [0.2, 0.25) is 0 Å². The molecular weight excluding hydrogens is 262 g/mol. The van der Waals surface area contributed by atoms with Gasteiger partial charge in [-0.15, -0.1) is 11.3 Å². The minimum atomic E-state index is 0.137. The second-order valence-electron chi connectivity index (χ2n) is 3.20. The lowest BCUT2D eigenvalue weighted by Crippen LogP contribution is -2.27. The molecule has 1 heterocycles. The number of aryl methyl sites for hydroxylation is 1. The molecule has 0 aromatic carbocycles. The van der Waals surface area contributed by atoms with E-state index >= 15 is 0 Å². The van der Waals surface area contributed by atoms with Crippen LogP contribution in [0.5, 0.6) is 0 Å². The molecule has 0 saturated carbocycles. The van der Waals surface area contributed by atoms with E-state index < -0.39 is 0 Å². The molecule has 0 N–H and O–H groups in total. The maximum atomic E-state index is 11.9. The molecule has 1 aromatic rings. The van der Waals surface area contributed by atoms with Gasteiger partial charge in [-0.3, -0.25) is 4.79 Å². The third-order valence-corrected chi connectivity index (χ3v) is 3.60.